The number of hydrogen-bond donors (Lipinski definition) is 2. The van der Waals surface area contributed by atoms with Crippen LogP contribution in [0.3, 0.4) is 0 Å². The molecule has 0 saturated carbocycles. The summed E-state index contributed by atoms with van der Waals surface area (Å²) in [6.07, 6.45) is 1.52. The summed E-state index contributed by atoms with van der Waals surface area (Å²) < 4.78 is 11.1. The highest BCUT2D eigenvalue weighted by molar-refractivity contribution is 5.76. The first-order valence-corrected chi connectivity index (χ1v) is 8.38. The second kappa shape index (κ2) is 8.57. The van der Waals surface area contributed by atoms with Gasteiger partial charge in [0.2, 0.25) is 5.91 Å². The van der Waals surface area contributed by atoms with Gasteiger partial charge in [0.15, 0.2) is 11.5 Å². The van der Waals surface area contributed by atoms with Crippen LogP contribution < -0.4 is 14.8 Å². The number of carbonyl (C=O) groups excluding carboxylic acids is 1. The van der Waals surface area contributed by atoms with Gasteiger partial charge in [-0.2, -0.15) is 0 Å². The third-order valence-corrected chi connectivity index (χ3v) is 3.95. The number of hydrogen-bond acceptors (Lipinski definition) is 4. The number of ether oxygens (including phenoxy) is 2. The number of carboxylic acids is 1. The molecule has 0 saturated heterocycles. The summed E-state index contributed by atoms with van der Waals surface area (Å²) in [6, 6.07) is 5.62. The van der Waals surface area contributed by atoms with Crippen molar-refractivity contribution in [1.82, 2.24) is 5.32 Å². The molecule has 6 heteroatoms. The molecule has 24 heavy (non-hydrogen) atoms. The van der Waals surface area contributed by atoms with Gasteiger partial charge in [-0.15, -0.1) is 0 Å². The maximum atomic E-state index is 12.2. The summed E-state index contributed by atoms with van der Waals surface area (Å²) in [5.74, 6) is 0.767. The normalized spacial score (nSPS) is 14.3. The lowest BCUT2D eigenvalue weighted by atomic mass is 9.95. The molecule has 0 aromatic heterocycles. The summed E-state index contributed by atoms with van der Waals surface area (Å²) in [7, 11) is 0. The van der Waals surface area contributed by atoms with Crippen LogP contribution in [0.2, 0.25) is 0 Å². The molecule has 0 fully saturated rings. The lowest BCUT2D eigenvalue weighted by Gasteiger charge is -2.25. The molecule has 1 aliphatic heterocycles. The van der Waals surface area contributed by atoms with E-state index in [0.717, 1.165) is 11.3 Å². The third kappa shape index (κ3) is 5.15. The summed E-state index contributed by atoms with van der Waals surface area (Å²) in [5, 5.41) is 11.7. The maximum absolute atomic E-state index is 12.2. The quantitative estimate of drug-likeness (QED) is 0.714. The molecule has 1 amide bonds. The van der Waals surface area contributed by atoms with Crippen LogP contribution in [0, 0.1) is 5.92 Å². The highest BCUT2D eigenvalue weighted by Gasteiger charge is 2.21. The highest BCUT2D eigenvalue weighted by atomic mass is 16.6. The Morgan fingerprint density at radius 1 is 1.12 bits per heavy atom. The van der Waals surface area contributed by atoms with Gasteiger partial charge in [0.25, 0.3) is 0 Å². The predicted octanol–water partition coefficient (Wildman–Crippen LogP) is 2.92. The van der Waals surface area contributed by atoms with E-state index in [0.29, 0.717) is 38.2 Å². The number of benzene rings is 1. The largest absolute Gasteiger partial charge is 0.486 e. The lowest BCUT2D eigenvalue weighted by Crippen LogP contribution is -2.31. The Bertz CT molecular complexity index is 585. The second-order valence-corrected chi connectivity index (χ2v) is 6.29. The minimum atomic E-state index is -0.827. The van der Waals surface area contributed by atoms with Crippen molar-refractivity contribution in [3.63, 3.8) is 0 Å². The van der Waals surface area contributed by atoms with Gasteiger partial charge in [-0.1, -0.05) is 19.9 Å². The van der Waals surface area contributed by atoms with E-state index in [-0.39, 0.29) is 24.3 Å². The zero-order valence-electron chi connectivity index (χ0n) is 14.2. The van der Waals surface area contributed by atoms with Crippen molar-refractivity contribution >= 4 is 11.9 Å². The molecule has 0 bridgehead atoms. The molecule has 1 aliphatic rings. The molecule has 0 aliphatic carbocycles. The van der Waals surface area contributed by atoms with Crippen molar-refractivity contribution < 1.29 is 24.2 Å². The minimum absolute atomic E-state index is 0.0611. The van der Waals surface area contributed by atoms with Crippen LogP contribution in [0.25, 0.3) is 0 Å². The number of fused-ring (bicyclic) bond motifs is 1. The predicted molar refractivity (Wildman–Crippen MR) is 89.3 cm³/mol. The summed E-state index contributed by atoms with van der Waals surface area (Å²) in [4.78, 5) is 22.6. The van der Waals surface area contributed by atoms with Crippen molar-refractivity contribution in [1.29, 1.82) is 0 Å². The van der Waals surface area contributed by atoms with E-state index in [1.54, 1.807) is 0 Å². The van der Waals surface area contributed by atoms with E-state index in [1.807, 2.05) is 32.0 Å². The molecule has 2 N–H and O–H groups in total. The Morgan fingerprint density at radius 3 is 2.46 bits per heavy atom. The smallest absolute Gasteiger partial charge is 0.303 e. The number of carboxylic acid groups (broad SMARTS) is 1. The second-order valence-electron chi connectivity index (χ2n) is 6.29. The average molecular weight is 335 g/mol. The molecular formula is C18H25NO5. The van der Waals surface area contributed by atoms with Crippen LogP contribution in [0.15, 0.2) is 18.2 Å². The maximum Gasteiger partial charge on any atom is 0.303 e. The van der Waals surface area contributed by atoms with Crippen LogP contribution in [0.4, 0.5) is 0 Å². The molecule has 6 nitrogen and oxygen atoms in total. The zero-order valence-corrected chi connectivity index (χ0v) is 14.2. The molecule has 1 unspecified atom stereocenters. The SMILES string of the molecule is CC(C)C(NC(=O)CCCCC(=O)O)c1ccc2c(c1)OCCO2. The van der Waals surface area contributed by atoms with Gasteiger partial charge in [-0.25, -0.2) is 0 Å². The van der Waals surface area contributed by atoms with Crippen LogP contribution in [0.1, 0.15) is 51.1 Å². The molecule has 0 radical (unpaired) electrons. The van der Waals surface area contributed by atoms with Gasteiger partial charge >= 0.3 is 5.97 Å². The number of amides is 1. The van der Waals surface area contributed by atoms with Gasteiger partial charge in [-0.05, 0) is 36.5 Å². The van der Waals surface area contributed by atoms with Gasteiger partial charge in [0.1, 0.15) is 13.2 Å². The van der Waals surface area contributed by atoms with Gasteiger partial charge in [0, 0.05) is 12.8 Å². The van der Waals surface area contributed by atoms with Crippen LogP contribution in [0.5, 0.6) is 11.5 Å². The Labute approximate surface area is 142 Å². The molecule has 1 aromatic carbocycles. The van der Waals surface area contributed by atoms with E-state index in [4.69, 9.17) is 14.6 Å². The van der Waals surface area contributed by atoms with Gasteiger partial charge in [0.05, 0.1) is 6.04 Å². The summed E-state index contributed by atoms with van der Waals surface area (Å²) >= 11 is 0. The number of nitrogens with one attached hydrogen (secondary N) is 1. The molecule has 1 atom stereocenters. The van der Waals surface area contributed by atoms with Gasteiger partial charge in [-0.3, -0.25) is 9.59 Å². The van der Waals surface area contributed by atoms with Crippen LogP contribution in [-0.4, -0.2) is 30.2 Å². The fourth-order valence-electron chi connectivity index (χ4n) is 2.70. The van der Waals surface area contributed by atoms with Gasteiger partial charge < -0.3 is 19.9 Å². The molecule has 132 valence electrons. The molecule has 0 spiro atoms. The lowest BCUT2D eigenvalue weighted by molar-refractivity contribution is -0.137. The van der Waals surface area contributed by atoms with Crippen molar-refractivity contribution in [3.05, 3.63) is 23.8 Å². The first-order chi connectivity index (χ1) is 11.5. The minimum Gasteiger partial charge on any atom is -0.486 e. The van der Waals surface area contributed by atoms with Crippen molar-refractivity contribution in [2.75, 3.05) is 13.2 Å². The molecular weight excluding hydrogens is 310 g/mol. The highest BCUT2D eigenvalue weighted by Crippen LogP contribution is 2.34. The Morgan fingerprint density at radius 2 is 1.79 bits per heavy atom. The monoisotopic (exact) mass is 335 g/mol. The zero-order chi connectivity index (χ0) is 17.5. The molecule has 1 heterocycles. The van der Waals surface area contributed by atoms with Crippen LogP contribution >= 0.6 is 0 Å². The van der Waals surface area contributed by atoms with Crippen LogP contribution in [-0.2, 0) is 9.59 Å². The summed E-state index contributed by atoms with van der Waals surface area (Å²) in [5.41, 5.74) is 0.980. The number of carbonyl (C=O) groups is 2. The third-order valence-electron chi connectivity index (χ3n) is 3.95. The first-order valence-electron chi connectivity index (χ1n) is 8.38. The Kier molecular flexibility index (Phi) is 6.46. The van der Waals surface area contributed by atoms with Crippen molar-refractivity contribution in [2.45, 2.75) is 45.6 Å². The summed E-state index contributed by atoms with van der Waals surface area (Å²) in [6.45, 7) is 5.17. The topological polar surface area (TPSA) is 84.9 Å². The average Bonchev–Trinajstić information content (AvgIpc) is 2.55. The number of aliphatic carboxylic acids is 1. The first kappa shape index (κ1) is 18.1. The van der Waals surface area contributed by atoms with E-state index in [2.05, 4.69) is 5.32 Å². The number of unbranched alkanes of at least 4 members (excludes halogenated alkanes) is 1. The van der Waals surface area contributed by atoms with Crippen molar-refractivity contribution in [2.24, 2.45) is 5.92 Å². The number of rotatable bonds is 8. The fourth-order valence-corrected chi connectivity index (χ4v) is 2.70. The van der Waals surface area contributed by atoms with E-state index >= 15 is 0 Å². The Balaban J connectivity index is 1.96. The molecule has 1 aromatic rings. The fraction of sp³-hybridized carbons (Fsp3) is 0.556. The molecule has 2 rings (SSSR count). The van der Waals surface area contributed by atoms with Crippen molar-refractivity contribution in [3.8, 4) is 11.5 Å². The van der Waals surface area contributed by atoms with E-state index in [1.165, 1.54) is 0 Å². The van der Waals surface area contributed by atoms with E-state index < -0.39 is 5.97 Å². The standard InChI is InChI=1S/C18H25NO5/c1-12(2)18(19-16(20)5-3-4-6-17(21)22)13-7-8-14-15(11-13)24-10-9-23-14/h7-8,11-12,18H,3-6,9-10H2,1-2H3,(H,19,20)(H,21,22). The Hall–Kier alpha value is -2.24. The van der Waals surface area contributed by atoms with E-state index in [9.17, 15) is 9.59 Å².